The maximum Gasteiger partial charge on any atom is 0.251 e. The highest BCUT2D eigenvalue weighted by molar-refractivity contribution is 7.91. The summed E-state index contributed by atoms with van der Waals surface area (Å²) in [6, 6.07) is 16.5. The maximum atomic E-state index is 13.1. The quantitative estimate of drug-likeness (QED) is 0.506. The number of hydrogen-bond donors (Lipinski definition) is 1. The highest BCUT2D eigenvalue weighted by atomic mass is 32.2. The standard InChI is InChI=1S/C26H23NO4S/c1-16(18-11-10-17-6-2-3-7-19(17)14-18)27-26(29)20-12-13-22-24(15-20)32(30,31)23-9-5-4-8-21(23)25(22)28/h4-5,8-16H,2-3,6-7H2,1H3,(H,27,29). The Kier molecular flexibility index (Phi) is 4.97. The van der Waals surface area contributed by atoms with E-state index in [1.165, 1.54) is 54.3 Å². The molecule has 0 bridgehead atoms. The molecule has 0 aromatic heterocycles. The van der Waals surface area contributed by atoms with E-state index in [0.29, 0.717) is 0 Å². The van der Waals surface area contributed by atoms with E-state index in [1.807, 2.05) is 13.0 Å². The van der Waals surface area contributed by atoms with Gasteiger partial charge in [-0.15, -0.1) is 0 Å². The van der Waals surface area contributed by atoms with Crippen molar-refractivity contribution in [2.24, 2.45) is 0 Å². The third-order valence-electron chi connectivity index (χ3n) is 6.42. The molecule has 0 saturated heterocycles. The molecule has 162 valence electrons. The number of nitrogens with one attached hydrogen (secondary N) is 1. The van der Waals surface area contributed by atoms with Crippen molar-refractivity contribution in [3.05, 3.63) is 94.0 Å². The van der Waals surface area contributed by atoms with Gasteiger partial charge in [0.1, 0.15) is 0 Å². The van der Waals surface area contributed by atoms with E-state index in [1.54, 1.807) is 12.1 Å². The summed E-state index contributed by atoms with van der Waals surface area (Å²) in [6.45, 7) is 1.91. The monoisotopic (exact) mass is 445 g/mol. The van der Waals surface area contributed by atoms with Crippen molar-refractivity contribution in [2.45, 2.75) is 48.4 Å². The average molecular weight is 446 g/mol. The second-order valence-electron chi connectivity index (χ2n) is 8.47. The Balaban J connectivity index is 1.43. The predicted octanol–water partition coefficient (Wildman–Crippen LogP) is 4.43. The van der Waals surface area contributed by atoms with E-state index >= 15 is 0 Å². The van der Waals surface area contributed by atoms with E-state index in [-0.39, 0.29) is 44.2 Å². The third-order valence-corrected chi connectivity index (χ3v) is 8.27. The first-order chi connectivity index (χ1) is 15.4. The van der Waals surface area contributed by atoms with Gasteiger partial charge in [-0.3, -0.25) is 9.59 Å². The van der Waals surface area contributed by atoms with E-state index in [2.05, 4.69) is 17.4 Å². The number of fused-ring (bicyclic) bond motifs is 3. The summed E-state index contributed by atoms with van der Waals surface area (Å²) in [6.07, 6.45) is 4.55. The van der Waals surface area contributed by atoms with Gasteiger partial charge in [0.05, 0.1) is 15.8 Å². The predicted molar refractivity (Wildman–Crippen MR) is 121 cm³/mol. The Morgan fingerprint density at radius 3 is 2.41 bits per heavy atom. The number of rotatable bonds is 3. The summed E-state index contributed by atoms with van der Waals surface area (Å²) < 4.78 is 26.2. The van der Waals surface area contributed by atoms with Crippen LogP contribution in [0.2, 0.25) is 0 Å². The van der Waals surface area contributed by atoms with Crippen LogP contribution in [-0.4, -0.2) is 20.1 Å². The smallest absolute Gasteiger partial charge is 0.251 e. The van der Waals surface area contributed by atoms with Crippen LogP contribution in [0, 0.1) is 0 Å². The molecule has 32 heavy (non-hydrogen) atoms. The van der Waals surface area contributed by atoms with Gasteiger partial charge in [0, 0.05) is 16.7 Å². The summed E-state index contributed by atoms with van der Waals surface area (Å²) in [5.41, 5.74) is 4.22. The normalized spacial score (nSPS) is 17.0. The molecule has 1 unspecified atom stereocenters. The fraction of sp³-hybridized carbons (Fsp3) is 0.231. The summed E-state index contributed by atoms with van der Waals surface area (Å²) in [4.78, 5) is 25.6. The largest absolute Gasteiger partial charge is 0.346 e. The van der Waals surface area contributed by atoms with Crippen LogP contribution in [0.4, 0.5) is 0 Å². The van der Waals surface area contributed by atoms with Crippen LogP contribution in [0.1, 0.15) is 68.8 Å². The van der Waals surface area contributed by atoms with E-state index < -0.39 is 9.84 Å². The lowest BCUT2D eigenvalue weighted by molar-refractivity contribution is 0.0938. The van der Waals surface area contributed by atoms with E-state index in [9.17, 15) is 18.0 Å². The van der Waals surface area contributed by atoms with E-state index in [4.69, 9.17) is 0 Å². The van der Waals surface area contributed by atoms with Crippen molar-refractivity contribution in [3.8, 4) is 0 Å². The first-order valence-corrected chi connectivity index (χ1v) is 12.3. The first kappa shape index (κ1) is 20.6. The van der Waals surface area contributed by atoms with Crippen LogP contribution < -0.4 is 5.32 Å². The summed E-state index contributed by atoms with van der Waals surface area (Å²) in [5.74, 6) is -0.723. The zero-order valence-electron chi connectivity index (χ0n) is 17.7. The van der Waals surface area contributed by atoms with Gasteiger partial charge in [-0.1, -0.05) is 30.3 Å². The van der Waals surface area contributed by atoms with Crippen molar-refractivity contribution in [2.75, 3.05) is 0 Å². The van der Waals surface area contributed by atoms with E-state index in [0.717, 1.165) is 18.4 Å². The number of carbonyl (C=O) groups excluding carboxylic acids is 2. The molecular weight excluding hydrogens is 422 g/mol. The molecule has 1 N–H and O–H groups in total. The Morgan fingerprint density at radius 2 is 1.59 bits per heavy atom. The van der Waals surface area contributed by atoms with Gasteiger partial charge in [-0.25, -0.2) is 8.42 Å². The van der Waals surface area contributed by atoms with Gasteiger partial charge in [0.15, 0.2) is 5.78 Å². The minimum absolute atomic E-state index is 0.0162. The Bertz CT molecular complexity index is 1370. The summed E-state index contributed by atoms with van der Waals surface area (Å²) in [7, 11) is -3.88. The van der Waals surface area contributed by atoms with Gasteiger partial charge < -0.3 is 5.32 Å². The van der Waals surface area contributed by atoms with Crippen LogP contribution in [0.15, 0.2) is 70.5 Å². The molecule has 2 aliphatic rings. The molecule has 1 heterocycles. The number of ketones is 1. The summed E-state index contributed by atoms with van der Waals surface area (Å²) >= 11 is 0. The van der Waals surface area contributed by atoms with Crippen LogP contribution in [0.25, 0.3) is 0 Å². The number of amides is 1. The molecule has 3 aromatic rings. The molecule has 0 spiro atoms. The Morgan fingerprint density at radius 1 is 0.875 bits per heavy atom. The van der Waals surface area contributed by atoms with Crippen molar-refractivity contribution in [3.63, 3.8) is 0 Å². The molecule has 3 aromatic carbocycles. The molecule has 6 heteroatoms. The molecular formula is C26H23NO4S. The molecule has 5 rings (SSSR count). The number of benzene rings is 3. The van der Waals surface area contributed by atoms with Crippen LogP contribution in [0.3, 0.4) is 0 Å². The van der Waals surface area contributed by atoms with Crippen LogP contribution >= 0.6 is 0 Å². The molecule has 0 radical (unpaired) electrons. The highest BCUT2D eigenvalue weighted by Crippen LogP contribution is 2.35. The number of sulfone groups is 1. The Hall–Kier alpha value is -3.25. The van der Waals surface area contributed by atoms with Crippen molar-refractivity contribution >= 4 is 21.5 Å². The third kappa shape index (κ3) is 3.35. The fourth-order valence-corrected chi connectivity index (χ4v) is 6.29. The van der Waals surface area contributed by atoms with Gasteiger partial charge in [0.2, 0.25) is 9.84 Å². The van der Waals surface area contributed by atoms with Gasteiger partial charge in [-0.05, 0) is 79.6 Å². The molecule has 1 aliphatic heterocycles. The lowest BCUT2D eigenvalue weighted by Crippen LogP contribution is -2.28. The minimum atomic E-state index is -3.88. The van der Waals surface area contributed by atoms with Gasteiger partial charge in [0.25, 0.3) is 5.91 Å². The molecule has 1 atom stereocenters. The molecule has 0 saturated carbocycles. The molecule has 1 aliphatic carbocycles. The van der Waals surface area contributed by atoms with Crippen molar-refractivity contribution in [1.29, 1.82) is 0 Å². The van der Waals surface area contributed by atoms with Crippen molar-refractivity contribution in [1.82, 2.24) is 5.32 Å². The minimum Gasteiger partial charge on any atom is -0.346 e. The summed E-state index contributed by atoms with van der Waals surface area (Å²) in [5, 5.41) is 2.97. The fourth-order valence-electron chi connectivity index (χ4n) is 4.61. The Labute approximate surface area is 187 Å². The number of carbonyl (C=O) groups is 2. The number of hydrogen-bond acceptors (Lipinski definition) is 4. The maximum absolute atomic E-state index is 13.1. The van der Waals surface area contributed by atoms with Gasteiger partial charge >= 0.3 is 0 Å². The zero-order valence-corrected chi connectivity index (χ0v) is 18.5. The number of aryl methyl sites for hydroxylation is 2. The SMILES string of the molecule is CC(NC(=O)c1ccc2c(c1)S(=O)(=O)c1ccccc1C2=O)c1ccc2c(c1)CCCC2. The van der Waals surface area contributed by atoms with Crippen molar-refractivity contribution < 1.29 is 18.0 Å². The highest BCUT2D eigenvalue weighted by Gasteiger charge is 2.35. The molecule has 0 fully saturated rings. The first-order valence-electron chi connectivity index (χ1n) is 10.8. The second-order valence-corrected chi connectivity index (χ2v) is 10.4. The molecule has 1 amide bonds. The average Bonchev–Trinajstić information content (AvgIpc) is 2.82. The van der Waals surface area contributed by atoms with Crippen LogP contribution in [0.5, 0.6) is 0 Å². The van der Waals surface area contributed by atoms with Gasteiger partial charge in [-0.2, -0.15) is 0 Å². The zero-order chi connectivity index (χ0) is 22.5. The van der Waals surface area contributed by atoms with Crippen LogP contribution in [-0.2, 0) is 22.7 Å². The molecule has 5 nitrogen and oxygen atoms in total. The lowest BCUT2D eigenvalue weighted by atomic mass is 9.89. The second kappa shape index (κ2) is 7.71. The lowest BCUT2D eigenvalue weighted by Gasteiger charge is -2.21. The topological polar surface area (TPSA) is 80.3 Å².